The van der Waals surface area contributed by atoms with Gasteiger partial charge in [-0.2, -0.15) is 0 Å². The van der Waals surface area contributed by atoms with Gasteiger partial charge in [0.25, 0.3) is 0 Å². The summed E-state index contributed by atoms with van der Waals surface area (Å²) in [6, 6.07) is 16.3. The minimum absolute atomic E-state index is 0.0497. The molecule has 4 aliphatic rings. The van der Waals surface area contributed by atoms with Gasteiger partial charge in [0.1, 0.15) is 0 Å². The van der Waals surface area contributed by atoms with E-state index in [0.29, 0.717) is 0 Å². The van der Waals surface area contributed by atoms with Gasteiger partial charge in [-0.3, -0.25) is 9.59 Å². The van der Waals surface area contributed by atoms with Crippen molar-refractivity contribution in [3.63, 3.8) is 0 Å². The van der Waals surface area contributed by atoms with Crippen molar-refractivity contribution in [2.24, 2.45) is 11.8 Å². The van der Waals surface area contributed by atoms with Gasteiger partial charge in [-0.1, -0.05) is 48.5 Å². The molecule has 0 radical (unpaired) electrons. The van der Waals surface area contributed by atoms with E-state index in [9.17, 15) is 9.59 Å². The van der Waals surface area contributed by atoms with Gasteiger partial charge in [0.05, 0.1) is 11.8 Å². The Bertz CT molecular complexity index is 694. The first-order valence-electron chi connectivity index (χ1n) is 7.20. The second-order valence-electron chi connectivity index (χ2n) is 6.00. The number of rotatable bonds is 0. The van der Waals surface area contributed by atoms with E-state index >= 15 is 0 Å². The first-order chi connectivity index (χ1) is 10.3. The number of hydrogen-bond acceptors (Lipinski definition) is 3. The average Bonchev–Trinajstić information content (AvgIpc) is 2.83. The van der Waals surface area contributed by atoms with E-state index in [-0.39, 0.29) is 35.6 Å². The van der Waals surface area contributed by atoms with Gasteiger partial charge < -0.3 is 4.74 Å². The van der Waals surface area contributed by atoms with Crippen molar-refractivity contribution in [1.82, 2.24) is 0 Å². The van der Waals surface area contributed by atoms with Crippen LogP contribution in [0.1, 0.15) is 34.1 Å². The summed E-state index contributed by atoms with van der Waals surface area (Å²) < 4.78 is 4.97. The van der Waals surface area contributed by atoms with Gasteiger partial charge in [-0.25, -0.2) is 0 Å². The minimum Gasteiger partial charge on any atom is -0.393 e. The second-order valence-corrected chi connectivity index (χ2v) is 6.00. The highest BCUT2D eigenvalue weighted by molar-refractivity contribution is 5.99. The molecule has 0 saturated carbocycles. The molecule has 3 heteroatoms. The lowest BCUT2D eigenvalue weighted by Gasteiger charge is -2.45. The van der Waals surface area contributed by atoms with Gasteiger partial charge in [-0.05, 0) is 22.3 Å². The van der Waals surface area contributed by atoms with Gasteiger partial charge in [0.2, 0.25) is 0 Å². The lowest BCUT2D eigenvalue weighted by Crippen LogP contribution is -2.41. The fourth-order valence-corrected chi connectivity index (χ4v) is 4.48. The van der Waals surface area contributed by atoms with Crippen LogP contribution >= 0.6 is 0 Å². The van der Waals surface area contributed by atoms with Crippen LogP contribution in [0.4, 0.5) is 0 Å². The van der Waals surface area contributed by atoms with Gasteiger partial charge in [0, 0.05) is 11.8 Å². The third kappa shape index (κ3) is 1.20. The molecule has 1 saturated heterocycles. The highest BCUT2D eigenvalue weighted by atomic mass is 16.6. The summed E-state index contributed by atoms with van der Waals surface area (Å²) in [6.45, 7) is 0. The zero-order valence-electron chi connectivity index (χ0n) is 11.2. The molecule has 2 atom stereocenters. The zero-order chi connectivity index (χ0) is 14.1. The molecule has 3 aliphatic carbocycles. The first-order valence-corrected chi connectivity index (χ1v) is 7.20. The van der Waals surface area contributed by atoms with E-state index in [1.165, 1.54) is 22.3 Å². The molecule has 0 unspecified atom stereocenters. The number of esters is 2. The maximum Gasteiger partial charge on any atom is 0.318 e. The number of cyclic esters (lactones) is 2. The molecular formula is C18H12O3. The fraction of sp³-hybridized carbons (Fsp3) is 0.222. The van der Waals surface area contributed by atoms with Crippen LogP contribution in [0, 0.1) is 11.8 Å². The summed E-state index contributed by atoms with van der Waals surface area (Å²) in [5.74, 6) is -1.52. The Morgan fingerprint density at radius 3 is 1.29 bits per heavy atom. The summed E-state index contributed by atoms with van der Waals surface area (Å²) in [5, 5.41) is 0. The Morgan fingerprint density at radius 2 is 0.952 bits per heavy atom. The van der Waals surface area contributed by atoms with Gasteiger partial charge >= 0.3 is 11.9 Å². The first kappa shape index (κ1) is 11.3. The normalized spacial score (nSPS) is 31.4. The molecule has 6 rings (SSSR count). The van der Waals surface area contributed by atoms with Crippen LogP contribution in [0.2, 0.25) is 0 Å². The Labute approximate surface area is 121 Å². The topological polar surface area (TPSA) is 43.4 Å². The van der Waals surface area contributed by atoms with Gasteiger partial charge in [-0.15, -0.1) is 0 Å². The molecule has 102 valence electrons. The van der Waals surface area contributed by atoms with Gasteiger partial charge in [0.15, 0.2) is 0 Å². The third-order valence-electron chi connectivity index (χ3n) is 5.18. The molecule has 0 spiro atoms. The molecule has 3 nitrogen and oxygen atoms in total. The summed E-state index contributed by atoms with van der Waals surface area (Å²) in [5.41, 5.74) is 4.70. The predicted molar refractivity (Wildman–Crippen MR) is 74.6 cm³/mol. The lowest BCUT2D eigenvalue weighted by molar-refractivity contribution is -0.153. The maximum atomic E-state index is 12.2. The molecular weight excluding hydrogens is 264 g/mol. The second kappa shape index (κ2) is 3.61. The van der Waals surface area contributed by atoms with Crippen molar-refractivity contribution >= 4 is 11.9 Å². The molecule has 2 aromatic carbocycles. The largest absolute Gasteiger partial charge is 0.393 e. The fourth-order valence-electron chi connectivity index (χ4n) is 4.48. The molecule has 2 bridgehead atoms. The number of ether oxygens (including phenoxy) is 1. The van der Waals surface area contributed by atoms with E-state index in [0.717, 1.165) is 0 Å². The van der Waals surface area contributed by atoms with Crippen LogP contribution in [0.3, 0.4) is 0 Å². The van der Waals surface area contributed by atoms with Crippen LogP contribution in [0.5, 0.6) is 0 Å². The standard InChI is InChI=1S/C18H12O3/c19-17-15-13-9-5-1-2-6-10(9)14(16(15)18(20)21-17)12-8-4-3-7-11(12)13/h1-8,13-16H/t13?,14?,15-,16+. The molecule has 1 aliphatic heterocycles. The van der Waals surface area contributed by atoms with Crippen LogP contribution < -0.4 is 0 Å². The molecule has 21 heavy (non-hydrogen) atoms. The number of benzene rings is 2. The Morgan fingerprint density at radius 1 is 0.619 bits per heavy atom. The molecule has 0 N–H and O–H groups in total. The van der Waals surface area contributed by atoms with Crippen LogP contribution in [0.25, 0.3) is 0 Å². The quantitative estimate of drug-likeness (QED) is 0.548. The minimum atomic E-state index is -0.357. The Kier molecular flexibility index (Phi) is 1.94. The Hall–Kier alpha value is -2.42. The Balaban J connectivity index is 1.88. The molecule has 0 aromatic heterocycles. The number of carbonyl (C=O) groups excluding carboxylic acids is 2. The molecule has 0 amide bonds. The zero-order valence-corrected chi connectivity index (χ0v) is 11.2. The summed E-state index contributed by atoms with van der Waals surface area (Å²) in [7, 11) is 0. The van der Waals surface area contributed by atoms with Crippen molar-refractivity contribution in [2.45, 2.75) is 11.8 Å². The van der Waals surface area contributed by atoms with Crippen LogP contribution in [0.15, 0.2) is 48.5 Å². The van der Waals surface area contributed by atoms with E-state index in [4.69, 9.17) is 4.74 Å². The third-order valence-corrected chi connectivity index (χ3v) is 5.18. The average molecular weight is 276 g/mol. The van der Waals surface area contributed by atoms with Crippen molar-refractivity contribution in [3.8, 4) is 0 Å². The van der Waals surface area contributed by atoms with Crippen molar-refractivity contribution < 1.29 is 14.3 Å². The van der Waals surface area contributed by atoms with E-state index in [1.807, 2.05) is 24.3 Å². The molecule has 2 aromatic rings. The summed E-state index contributed by atoms with van der Waals surface area (Å²) >= 11 is 0. The lowest BCUT2D eigenvalue weighted by atomic mass is 9.55. The maximum absolute atomic E-state index is 12.2. The molecule has 1 fully saturated rings. The summed E-state index contributed by atoms with van der Waals surface area (Å²) in [4.78, 5) is 24.4. The number of carbonyl (C=O) groups is 2. The van der Waals surface area contributed by atoms with E-state index in [2.05, 4.69) is 24.3 Å². The van der Waals surface area contributed by atoms with E-state index in [1.54, 1.807) is 0 Å². The van der Waals surface area contributed by atoms with Crippen LogP contribution in [-0.2, 0) is 14.3 Å². The van der Waals surface area contributed by atoms with Crippen molar-refractivity contribution in [3.05, 3.63) is 70.8 Å². The predicted octanol–water partition coefficient (Wildman–Crippen LogP) is 2.59. The van der Waals surface area contributed by atoms with E-state index < -0.39 is 0 Å². The van der Waals surface area contributed by atoms with Crippen molar-refractivity contribution in [2.75, 3.05) is 0 Å². The monoisotopic (exact) mass is 276 g/mol. The SMILES string of the molecule is O=C1OC(=O)[C@H]2C3c4ccccc4C(c4ccccc43)[C@@H]12. The van der Waals surface area contributed by atoms with Crippen molar-refractivity contribution in [1.29, 1.82) is 0 Å². The highest BCUT2D eigenvalue weighted by Gasteiger charge is 2.60. The van der Waals surface area contributed by atoms with Crippen LogP contribution in [-0.4, -0.2) is 11.9 Å². The summed E-state index contributed by atoms with van der Waals surface area (Å²) in [6.07, 6.45) is 0. The number of hydrogen-bond donors (Lipinski definition) is 0. The smallest absolute Gasteiger partial charge is 0.318 e. The molecule has 1 heterocycles. The highest BCUT2D eigenvalue weighted by Crippen LogP contribution is 2.60.